The molecule has 0 bridgehead atoms. The number of benzene rings is 2. The Bertz CT molecular complexity index is 581. The zero-order chi connectivity index (χ0) is 13.8. The van der Waals surface area contributed by atoms with Crippen molar-refractivity contribution < 1.29 is 0 Å². The highest BCUT2D eigenvalue weighted by atomic mass is 35.5. The van der Waals surface area contributed by atoms with Crippen molar-refractivity contribution in [2.24, 2.45) is 0 Å². The summed E-state index contributed by atoms with van der Waals surface area (Å²) >= 11 is 7.91. The molecule has 0 spiro atoms. The van der Waals surface area contributed by atoms with Gasteiger partial charge in [-0.05, 0) is 55.8 Å². The number of rotatable bonds is 4. The highest BCUT2D eigenvalue weighted by Gasteiger charge is 2.07. The summed E-state index contributed by atoms with van der Waals surface area (Å²) in [5.41, 5.74) is 3.86. The van der Waals surface area contributed by atoms with Gasteiger partial charge in [-0.15, -0.1) is 0 Å². The first kappa shape index (κ1) is 14.4. The van der Waals surface area contributed by atoms with E-state index in [9.17, 15) is 0 Å². The van der Waals surface area contributed by atoms with Gasteiger partial charge >= 0.3 is 0 Å². The Hall–Kier alpha value is -0.960. The van der Waals surface area contributed by atoms with E-state index in [1.165, 1.54) is 26.5 Å². The molecule has 0 aliphatic heterocycles. The summed E-state index contributed by atoms with van der Waals surface area (Å²) in [6, 6.07) is 12.6. The molecule has 0 radical (unpaired) electrons. The second-order valence-corrected chi connectivity index (χ2v) is 6.17. The lowest BCUT2D eigenvalue weighted by Gasteiger charge is -2.11. The Labute approximate surface area is 124 Å². The summed E-state index contributed by atoms with van der Waals surface area (Å²) < 4.78 is 0. The largest absolute Gasteiger partial charge is 0.316 e. The summed E-state index contributed by atoms with van der Waals surface area (Å²) in [5.74, 6) is 0. The minimum absolute atomic E-state index is 0.785. The van der Waals surface area contributed by atoms with E-state index >= 15 is 0 Å². The lowest BCUT2D eigenvalue weighted by Crippen LogP contribution is -2.06. The fourth-order valence-corrected chi connectivity index (χ4v) is 3.30. The standard InChI is InChI=1S/C16H18ClNS/c1-11-4-5-12(2)15(8-11)19-16-9-14(17)7-6-13(16)10-18-3/h4-9,18H,10H2,1-3H3. The first-order chi connectivity index (χ1) is 9.10. The Morgan fingerprint density at radius 2 is 1.84 bits per heavy atom. The summed E-state index contributed by atoms with van der Waals surface area (Å²) in [6.07, 6.45) is 0. The van der Waals surface area contributed by atoms with Gasteiger partial charge in [-0.1, -0.05) is 41.6 Å². The average Bonchev–Trinajstić information content (AvgIpc) is 2.37. The minimum atomic E-state index is 0.785. The van der Waals surface area contributed by atoms with Gasteiger partial charge < -0.3 is 5.32 Å². The Morgan fingerprint density at radius 3 is 2.58 bits per heavy atom. The van der Waals surface area contributed by atoms with Crippen molar-refractivity contribution in [3.63, 3.8) is 0 Å². The summed E-state index contributed by atoms with van der Waals surface area (Å²) in [5, 5.41) is 3.98. The zero-order valence-electron chi connectivity index (χ0n) is 11.5. The first-order valence-corrected chi connectivity index (χ1v) is 7.47. The van der Waals surface area contributed by atoms with E-state index in [4.69, 9.17) is 11.6 Å². The molecule has 0 aliphatic rings. The van der Waals surface area contributed by atoms with Crippen LogP contribution in [0.15, 0.2) is 46.2 Å². The van der Waals surface area contributed by atoms with Crippen LogP contribution in [0.2, 0.25) is 5.02 Å². The number of aryl methyl sites for hydroxylation is 2. The van der Waals surface area contributed by atoms with E-state index in [1.807, 2.05) is 19.2 Å². The maximum atomic E-state index is 6.12. The van der Waals surface area contributed by atoms with Crippen LogP contribution < -0.4 is 5.32 Å². The van der Waals surface area contributed by atoms with Crippen molar-refractivity contribution in [3.8, 4) is 0 Å². The molecule has 0 aromatic heterocycles. The molecular formula is C16H18ClNS. The normalized spacial score (nSPS) is 10.7. The molecule has 0 unspecified atom stereocenters. The summed E-state index contributed by atoms with van der Waals surface area (Å²) in [4.78, 5) is 2.51. The van der Waals surface area contributed by atoms with E-state index in [0.29, 0.717) is 0 Å². The van der Waals surface area contributed by atoms with Crippen molar-refractivity contribution in [3.05, 3.63) is 58.1 Å². The second-order valence-electron chi connectivity index (χ2n) is 4.65. The molecule has 2 rings (SSSR count). The predicted molar refractivity (Wildman–Crippen MR) is 84.3 cm³/mol. The molecular weight excluding hydrogens is 274 g/mol. The molecule has 0 saturated heterocycles. The average molecular weight is 292 g/mol. The molecule has 0 amide bonds. The number of halogens is 1. The van der Waals surface area contributed by atoms with Gasteiger partial charge in [-0.25, -0.2) is 0 Å². The molecule has 2 aromatic rings. The van der Waals surface area contributed by atoms with Crippen LogP contribution >= 0.6 is 23.4 Å². The number of hydrogen-bond donors (Lipinski definition) is 1. The fraction of sp³-hybridized carbons (Fsp3) is 0.250. The molecule has 1 nitrogen and oxygen atoms in total. The lowest BCUT2D eigenvalue weighted by molar-refractivity contribution is 0.803. The van der Waals surface area contributed by atoms with Gasteiger partial charge in [0.2, 0.25) is 0 Å². The van der Waals surface area contributed by atoms with Crippen LogP contribution in [-0.2, 0) is 6.54 Å². The predicted octanol–water partition coefficient (Wildman–Crippen LogP) is 4.83. The van der Waals surface area contributed by atoms with Crippen LogP contribution in [0.4, 0.5) is 0 Å². The van der Waals surface area contributed by atoms with E-state index in [0.717, 1.165) is 11.6 Å². The second kappa shape index (κ2) is 6.47. The van der Waals surface area contributed by atoms with Crippen LogP contribution in [-0.4, -0.2) is 7.05 Å². The van der Waals surface area contributed by atoms with Gasteiger partial charge in [0.1, 0.15) is 0 Å². The maximum absolute atomic E-state index is 6.12. The highest BCUT2D eigenvalue weighted by molar-refractivity contribution is 7.99. The van der Waals surface area contributed by atoms with Crippen molar-refractivity contribution in [2.45, 2.75) is 30.2 Å². The van der Waals surface area contributed by atoms with Crippen LogP contribution in [0, 0.1) is 13.8 Å². The van der Waals surface area contributed by atoms with Gasteiger partial charge in [0.15, 0.2) is 0 Å². The summed E-state index contributed by atoms with van der Waals surface area (Å²) in [7, 11) is 1.96. The molecule has 100 valence electrons. The molecule has 0 saturated carbocycles. The third-order valence-electron chi connectivity index (χ3n) is 2.96. The Morgan fingerprint density at radius 1 is 1.05 bits per heavy atom. The van der Waals surface area contributed by atoms with E-state index in [-0.39, 0.29) is 0 Å². The van der Waals surface area contributed by atoms with Crippen LogP contribution in [0.1, 0.15) is 16.7 Å². The molecule has 3 heteroatoms. The van der Waals surface area contributed by atoms with Gasteiger partial charge in [0, 0.05) is 21.4 Å². The topological polar surface area (TPSA) is 12.0 Å². The fourth-order valence-electron chi connectivity index (χ4n) is 1.90. The van der Waals surface area contributed by atoms with Gasteiger partial charge in [-0.3, -0.25) is 0 Å². The SMILES string of the molecule is CNCc1ccc(Cl)cc1Sc1cc(C)ccc1C. The first-order valence-electron chi connectivity index (χ1n) is 6.28. The molecule has 0 heterocycles. The molecule has 0 aliphatic carbocycles. The van der Waals surface area contributed by atoms with Crippen molar-refractivity contribution in [1.82, 2.24) is 5.32 Å². The monoisotopic (exact) mass is 291 g/mol. The molecule has 2 aromatic carbocycles. The van der Waals surface area contributed by atoms with Crippen molar-refractivity contribution in [1.29, 1.82) is 0 Å². The molecule has 0 atom stereocenters. The van der Waals surface area contributed by atoms with Crippen LogP contribution in [0.5, 0.6) is 0 Å². The van der Waals surface area contributed by atoms with Gasteiger partial charge in [0.05, 0.1) is 0 Å². The maximum Gasteiger partial charge on any atom is 0.0417 e. The minimum Gasteiger partial charge on any atom is -0.316 e. The third-order valence-corrected chi connectivity index (χ3v) is 4.45. The van der Waals surface area contributed by atoms with E-state index < -0.39 is 0 Å². The van der Waals surface area contributed by atoms with E-state index in [1.54, 1.807) is 11.8 Å². The van der Waals surface area contributed by atoms with Crippen LogP contribution in [0.3, 0.4) is 0 Å². The molecule has 19 heavy (non-hydrogen) atoms. The van der Waals surface area contributed by atoms with Crippen molar-refractivity contribution >= 4 is 23.4 Å². The van der Waals surface area contributed by atoms with Crippen LogP contribution in [0.25, 0.3) is 0 Å². The number of hydrogen-bond acceptors (Lipinski definition) is 2. The van der Waals surface area contributed by atoms with Gasteiger partial charge in [0.25, 0.3) is 0 Å². The Balaban J connectivity index is 2.36. The zero-order valence-corrected chi connectivity index (χ0v) is 13.0. The lowest BCUT2D eigenvalue weighted by atomic mass is 10.2. The number of nitrogens with one attached hydrogen (secondary N) is 1. The molecule has 0 fully saturated rings. The smallest absolute Gasteiger partial charge is 0.0417 e. The summed E-state index contributed by atoms with van der Waals surface area (Å²) in [6.45, 7) is 5.12. The third kappa shape index (κ3) is 3.75. The highest BCUT2D eigenvalue weighted by Crippen LogP contribution is 2.34. The molecule has 1 N–H and O–H groups in total. The Kier molecular flexibility index (Phi) is 4.92. The van der Waals surface area contributed by atoms with E-state index in [2.05, 4.69) is 43.4 Å². The van der Waals surface area contributed by atoms with Crippen molar-refractivity contribution in [2.75, 3.05) is 7.05 Å². The van der Waals surface area contributed by atoms with Gasteiger partial charge in [-0.2, -0.15) is 0 Å². The quantitative estimate of drug-likeness (QED) is 0.866.